The number of hydrogen-bond acceptors (Lipinski definition) is 8. The molecule has 0 bridgehead atoms. The number of carbonyl (C=O) groups excluding carboxylic acids is 1. The molecule has 0 aliphatic carbocycles. The maximum atomic E-state index is 12.8. The second-order valence-electron chi connectivity index (χ2n) is 10.5. The van der Waals surface area contributed by atoms with Gasteiger partial charge in [-0.1, -0.05) is 6.07 Å². The third-order valence-corrected chi connectivity index (χ3v) is 7.49. The number of ether oxygens (including phenoxy) is 1. The second kappa shape index (κ2) is 11.0. The van der Waals surface area contributed by atoms with Crippen molar-refractivity contribution in [3.8, 4) is 11.3 Å². The molecule has 1 aliphatic heterocycles. The Morgan fingerprint density at radius 1 is 1.13 bits per heavy atom. The molecule has 1 amide bonds. The number of benzene rings is 1. The fourth-order valence-electron chi connectivity index (χ4n) is 4.61. The first-order valence-corrected chi connectivity index (χ1v) is 13.2. The summed E-state index contributed by atoms with van der Waals surface area (Å²) in [5.41, 5.74) is 5.96. The second-order valence-corrected chi connectivity index (χ2v) is 10.5. The number of pyridine rings is 1. The number of aromatic nitrogens is 4. The van der Waals surface area contributed by atoms with Crippen molar-refractivity contribution in [1.82, 2.24) is 29.6 Å². The highest BCUT2D eigenvalue weighted by atomic mass is 16.5. The highest BCUT2D eigenvalue weighted by Gasteiger charge is 2.27. The van der Waals surface area contributed by atoms with Gasteiger partial charge in [-0.3, -0.25) is 14.2 Å². The molecule has 1 aromatic carbocycles. The summed E-state index contributed by atoms with van der Waals surface area (Å²) in [7, 11) is 4.13. The van der Waals surface area contributed by atoms with E-state index in [4.69, 9.17) is 4.74 Å². The summed E-state index contributed by atoms with van der Waals surface area (Å²) >= 11 is 0. The van der Waals surface area contributed by atoms with Crippen LogP contribution in [-0.4, -0.2) is 76.1 Å². The van der Waals surface area contributed by atoms with Gasteiger partial charge in [0.15, 0.2) is 5.65 Å². The summed E-state index contributed by atoms with van der Waals surface area (Å²) in [4.78, 5) is 30.5. The number of carbonyl (C=O) groups is 1. The number of nitrogens with zero attached hydrogens (tertiary/aromatic N) is 6. The Bertz CT molecular complexity index is 1460. The topological polar surface area (TPSA) is 99.9 Å². The molecule has 10 heteroatoms. The van der Waals surface area contributed by atoms with Crippen molar-refractivity contribution in [2.45, 2.75) is 32.9 Å². The summed E-state index contributed by atoms with van der Waals surface area (Å²) in [5.74, 6) is 0.574. The molecule has 1 aliphatic rings. The molecule has 5 rings (SSSR count). The van der Waals surface area contributed by atoms with Gasteiger partial charge in [-0.05, 0) is 58.6 Å². The van der Waals surface area contributed by atoms with Crippen LogP contribution < -0.4 is 15.5 Å². The van der Waals surface area contributed by atoms with Crippen molar-refractivity contribution in [2.75, 3.05) is 50.6 Å². The van der Waals surface area contributed by atoms with E-state index in [9.17, 15) is 4.79 Å². The molecule has 0 spiro atoms. The van der Waals surface area contributed by atoms with Gasteiger partial charge >= 0.3 is 0 Å². The molecule has 4 aromatic rings. The van der Waals surface area contributed by atoms with Gasteiger partial charge < -0.3 is 25.2 Å². The van der Waals surface area contributed by atoms with Crippen LogP contribution in [0.25, 0.3) is 16.9 Å². The van der Waals surface area contributed by atoms with Crippen LogP contribution in [0, 0.1) is 0 Å². The summed E-state index contributed by atoms with van der Waals surface area (Å²) in [6.45, 7) is 9.87. The maximum Gasteiger partial charge on any atom is 0.254 e. The molecule has 0 saturated carbocycles. The van der Waals surface area contributed by atoms with Crippen LogP contribution in [0.1, 0.15) is 36.7 Å². The lowest BCUT2D eigenvalue weighted by molar-refractivity contribution is 0.0394. The van der Waals surface area contributed by atoms with Crippen LogP contribution in [0.4, 0.5) is 17.2 Å². The van der Waals surface area contributed by atoms with E-state index in [0.717, 1.165) is 46.9 Å². The van der Waals surface area contributed by atoms with Gasteiger partial charge in [-0.15, -0.1) is 0 Å². The molecule has 204 valence electrons. The van der Waals surface area contributed by atoms with E-state index in [1.54, 1.807) is 12.4 Å². The van der Waals surface area contributed by atoms with Gasteiger partial charge in [-0.25, -0.2) is 9.97 Å². The lowest BCUT2D eigenvalue weighted by Gasteiger charge is -2.32. The van der Waals surface area contributed by atoms with Crippen molar-refractivity contribution in [3.63, 3.8) is 0 Å². The Morgan fingerprint density at radius 3 is 2.72 bits per heavy atom. The number of likely N-dealkylation sites (N-methyl/N-ethyl adjacent to an activating group) is 2. The third-order valence-electron chi connectivity index (χ3n) is 7.49. The summed E-state index contributed by atoms with van der Waals surface area (Å²) in [5, 5.41) is 6.33. The zero-order chi connectivity index (χ0) is 27.6. The SMILES string of the molecule is CCN(CCOCC(C)(C)N(C)C)c1ccc(Nc2ccc(-c3cnc4cnccn34)c3c2C(=O)NC3)nc1. The average Bonchev–Trinajstić information content (AvgIpc) is 3.54. The molecule has 2 N–H and O–H groups in total. The molecule has 10 nitrogen and oxygen atoms in total. The largest absolute Gasteiger partial charge is 0.378 e. The first-order valence-electron chi connectivity index (χ1n) is 13.2. The number of fused-ring (bicyclic) bond motifs is 2. The molecule has 3 aromatic heterocycles. The van der Waals surface area contributed by atoms with Gasteiger partial charge in [0.05, 0.1) is 54.4 Å². The number of anilines is 3. The number of hydrogen-bond donors (Lipinski definition) is 2. The predicted molar refractivity (Wildman–Crippen MR) is 154 cm³/mol. The summed E-state index contributed by atoms with van der Waals surface area (Å²) < 4.78 is 7.95. The smallest absolute Gasteiger partial charge is 0.254 e. The van der Waals surface area contributed by atoms with Crippen LogP contribution in [0.15, 0.2) is 55.2 Å². The van der Waals surface area contributed by atoms with Crippen LogP contribution in [0.5, 0.6) is 0 Å². The minimum atomic E-state index is -0.101. The fourth-order valence-corrected chi connectivity index (χ4v) is 4.61. The van der Waals surface area contributed by atoms with E-state index in [1.807, 2.05) is 47.3 Å². The summed E-state index contributed by atoms with van der Waals surface area (Å²) in [6.07, 6.45) is 9.00. The Kier molecular flexibility index (Phi) is 7.49. The van der Waals surface area contributed by atoms with E-state index in [2.05, 4.69) is 70.3 Å². The molecule has 0 atom stereocenters. The van der Waals surface area contributed by atoms with Gasteiger partial charge in [-0.2, -0.15) is 0 Å². The average molecular weight is 529 g/mol. The third kappa shape index (κ3) is 5.43. The van der Waals surface area contributed by atoms with E-state index >= 15 is 0 Å². The zero-order valence-corrected chi connectivity index (χ0v) is 23.2. The highest BCUT2D eigenvalue weighted by molar-refractivity contribution is 6.06. The number of amides is 1. The van der Waals surface area contributed by atoms with Crippen molar-refractivity contribution >= 4 is 28.7 Å². The molecular weight excluding hydrogens is 492 g/mol. The van der Waals surface area contributed by atoms with Crippen LogP contribution in [0.2, 0.25) is 0 Å². The monoisotopic (exact) mass is 528 g/mol. The quantitative estimate of drug-likeness (QED) is 0.282. The zero-order valence-electron chi connectivity index (χ0n) is 23.2. The van der Waals surface area contributed by atoms with Crippen molar-refractivity contribution in [2.24, 2.45) is 0 Å². The molecule has 0 unspecified atom stereocenters. The van der Waals surface area contributed by atoms with Crippen LogP contribution >= 0.6 is 0 Å². The predicted octanol–water partition coefficient (Wildman–Crippen LogP) is 3.96. The maximum absolute atomic E-state index is 12.8. The molecular formula is C29H36N8O2. The lowest BCUT2D eigenvalue weighted by Crippen LogP contribution is -2.43. The Hall–Kier alpha value is -4.02. The first-order chi connectivity index (χ1) is 18.8. The van der Waals surface area contributed by atoms with E-state index in [1.165, 1.54) is 0 Å². The van der Waals surface area contributed by atoms with E-state index in [0.29, 0.717) is 31.1 Å². The van der Waals surface area contributed by atoms with Crippen molar-refractivity contribution in [1.29, 1.82) is 0 Å². The van der Waals surface area contributed by atoms with Crippen LogP contribution in [-0.2, 0) is 11.3 Å². The molecule has 0 radical (unpaired) electrons. The van der Waals surface area contributed by atoms with Gasteiger partial charge in [0.1, 0.15) is 5.82 Å². The first kappa shape index (κ1) is 26.6. The summed E-state index contributed by atoms with van der Waals surface area (Å²) in [6, 6.07) is 7.94. The molecule has 0 saturated heterocycles. The highest BCUT2D eigenvalue weighted by Crippen LogP contribution is 2.35. The van der Waals surface area contributed by atoms with Crippen molar-refractivity contribution < 1.29 is 9.53 Å². The fraction of sp³-hybridized carbons (Fsp3) is 0.379. The molecule has 4 heterocycles. The van der Waals surface area contributed by atoms with Gasteiger partial charge in [0, 0.05) is 43.1 Å². The number of imidazole rings is 1. The van der Waals surface area contributed by atoms with Gasteiger partial charge in [0.25, 0.3) is 5.91 Å². The minimum absolute atomic E-state index is 0.00855. The minimum Gasteiger partial charge on any atom is -0.378 e. The number of nitrogens with one attached hydrogen (secondary N) is 2. The molecule has 0 fully saturated rings. The Balaban J connectivity index is 1.30. The standard InChI is InChI=1S/C29H36N8O2/c1-6-36(13-14-39-19-29(2,3)35(4)5)20-7-10-25(31-15-20)34-23-9-8-21(22-16-33-28(38)27(22)23)24-17-32-26-18-30-11-12-37(24)26/h7-12,15,17-18H,6,13-14,16,19H2,1-5H3,(H,31,34)(H,33,38). The number of rotatable bonds is 11. The van der Waals surface area contributed by atoms with Gasteiger partial charge in [0.2, 0.25) is 0 Å². The molecule has 39 heavy (non-hydrogen) atoms. The van der Waals surface area contributed by atoms with E-state index in [-0.39, 0.29) is 11.4 Å². The van der Waals surface area contributed by atoms with Crippen LogP contribution in [0.3, 0.4) is 0 Å². The lowest BCUT2D eigenvalue weighted by atomic mass is 9.99. The van der Waals surface area contributed by atoms with E-state index < -0.39 is 0 Å². The Morgan fingerprint density at radius 2 is 1.97 bits per heavy atom. The van der Waals surface area contributed by atoms with Crippen molar-refractivity contribution in [3.05, 3.63) is 66.4 Å². The Labute approximate surface area is 229 Å². The normalized spacial score (nSPS) is 13.1.